The largest absolute Gasteiger partial charge is 0.311 e. The average Bonchev–Trinajstić information content (AvgIpc) is 3.19. The Balaban J connectivity index is 2.01. The Kier molecular flexibility index (Phi) is 4.62. The lowest BCUT2D eigenvalue weighted by Gasteiger charge is -2.50. The summed E-state index contributed by atoms with van der Waals surface area (Å²) >= 11 is 0. The smallest absolute Gasteiger partial charge is 0.0329 e. The summed E-state index contributed by atoms with van der Waals surface area (Å²) in [6, 6.07) is 0.770. The Morgan fingerprint density at radius 1 is 1.16 bits per heavy atom. The normalized spacial score (nSPS) is 28.6. The first-order valence-electron chi connectivity index (χ1n) is 8.38. The van der Waals surface area contributed by atoms with Gasteiger partial charge in [0, 0.05) is 24.7 Å². The number of rotatable bonds is 5. The molecule has 1 saturated heterocycles. The van der Waals surface area contributed by atoms with Gasteiger partial charge in [-0.25, -0.2) is 0 Å². The number of piperazine rings is 1. The van der Waals surface area contributed by atoms with E-state index in [1.54, 1.807) is 0 Å². The first-order chi connectivity index (χ1) is 8.90. The standard InChI is InChI=1S/C17H34N2/c1-6-17(7-2)13-18-15(14-8-9-14)12-19(17)11-10-16(3,4)5/h14-15,18H,6-13H2,1-5H3. The molecule has 0 aromatic carbocycles. The van der Waals surface area contributed by atoms with Gasteiger partial charge in [-0.3, -0.25) is 4.90 Å². The van der Waals surface area contributed by atoms with Crippen molar-refractivity contribution in [3.05, 3.63) is 0 Å². The summed E-state index contributed by atoms with van der Waals surface area (Å²) in [6.07, 6.45) is 6.77. The van der Waals surface area contributed by atoms with E-state index in [-0.39, 0.29) is 0 Å². The van der Waals surface area contributed by atoms with Crippen molar-refractivity contribution in [1.82, 2.24) is 10.2 Å². The summed E-state index contributed by atoms with van der Waals surface area (Å²) in [5.74, 6) is 0.976. The maximum atomic E-state index is 3.86. The van der Waals surface area contributed by atoms with Gasteiger partial charge in [0.25, 0.3) is 0 Å². The van der Waals surface area contributed by atoms with Crippen LogP contribution < -0.4 is 5.32 Å². The monoisotopic (exact) mass is 266 g/mol. The van der Waals surface area contributed by atoms with E-state index in [0.717, 1.165) is 12.0 Å². The third-order valence-corrected chi connectivity index (χ3v) is 5.42. The zero-order chi connectivity index (χ0) is 14.1. The molecule has 1 saturated carbocycles. The molecular weight excluding hydrogens is 232 g/mol. The average molecular weight is 266 g/mol. The van der Waals surface area contributed by atoms with Gasteiger partial charge in [0.1, 0.15) is 0 Å². The summed E-state index contributed by atoms with van der Waals surface area (Å²) in [5.41, 5.74) is 0.865. The molecule has 0 aromatic rings. The van der Waals surface area contributed by atoms with Crippen molar-refractivity contribution in [2.24, 2.45) is 11.3 Å². The highest BCUT2D eigenvalue weighted by Gasteiger charge is 2.43. The predicted molar refractivity (Wildman–Crippen MR) is 83.5 cm³/mol. The molecule has 1 unspecified atom stereocenters. The molecule has 2 rings (SSSR count). The molecule has 2 fully saturated rings. The third kappa shape index (κ3) is 3.72. The molecule has 0 radical (unpaired) electrons. The molecule has 0 aromatic heterocycles. The van der Waals surface area contributed by atoms with Gasteiger partial charge in [-0.2, -0.15) is 0 Å². The zero-order valence-corrected chi connectivity index (χ0v) is 13.8. The Labute approximate surface area is 120 Å². The van der Waals surface area contributed by atoms with E-state index < -0.39 is 0 Å². The zero-order valence-electron chi connectivity index (χ0n) is 13.8. The first kappa shape index (κ1) is 15.3. The Bertz CT molecular complexity index is 284. The predicted octanol–water partition coefficient (Wildman–Crippen LogP) is 3.67. The highest BCUT2D eigenvalue weighted by Crippen LogP contribution is 2.37. The van der Waals surface area contributed by atoms with Crippen LogP contribution in [-0.2, 0) is 0 Å². The highest BCUT2D eigenvalue weighted by molar-refractivity contribution is 5.01. The number of hydrogen-bond donors (Lipinski definition) is 1. The molecule has 0 bridgehead atoms. The summed E-state index contributed by atoms with van der Waals surface area (Å²) in [7, 11) is 0. The number of nitrogens with one attached hydrogen (secondary N) is 1. The molecule has 112 valence electrons. The summed E-state index contributed by atoms with van der Waals surface area (Å²) in [4.78, 5) is 2.83. The van der Waals surface area contributed by atoms with Gasteiger partial charge in [0.05, 0.1) is 0 Å². The van der Waals surface area contributed by atoms with Crippen molar-refractivity contribution >= 4 is 0 Å². The molecule has 1 heterocycles. The second-order valence-corrected chi connectivity index (χ2v) is 8.01. The molecule has 2 heteroatoms. The van der Waals surface area contributed by atoms with E-state index >= 15 is 0 Å². The van der Waals surface area contributed by atoms with Crippen LogP contribution in [0.25, 0.3) is 0 Å². The van der Waals surface area contributed by atoms with Crippen LogP contribution in [0.5, 0.6) is 0 Å². The molecular formula is C17H34N2. The Hall–Kier alpha value is -0.0800. The van der Waals surface area contributed by atoms with Gasteiger partial charge in [-0.05, 0) is 50.0 Å². The van der Waals surface area contributed by atoms with Crippen LogP contribution in [0.4, 0.5) is 0 Å². The van der Waals surface area contributed by atoms with Crippen molar-refractivity contribution in [2.75, 3.05) is 19.6 Å². The quantitative estimate of drug-likeness (QED) is 0.817. The highest BCUT2D eigenvalue weighted by atomic mass is 15.3. The van der Waals surface area contributed by atoms with Crippen LogP contribution >= 0.6 is 0 Å². The molecule has 2 aliphatic rings. The minimum absolute atomic E-state index is 0.413. The second kappa shape index (κ2) is 5.73. The minimum atomic E-state index is 0.413. The molecule has 1 N–H and O–H groups in total. The fraction of sp³-hybridized carbons (Fsp3) is 1.00. The van der Waals surface area contributed by atoms with E-state index in [4.69, 9.17) is 0 Å². The van der Waals surface area contributed by atoms with Crippen LogP contribution in [0.3, 0.4) is 0 Å². The van der Waals surface area contributed by atoms with E-state index in [1.807, 2.05) is 0 Å². The summed E-state index contributed by atoms with van der Waals surface area (Å²) in [5, 5.41) is 3.86. The summed E-state index contributed by atoms with van der Waals surface area (Å²) in [6.45, 7) is 15.6. The van der Waals surface area contributed by atoms with Crippen molar-refractivity contribution in [2.45, 2.75) is 78.3 Å². The van der Waals surface area contributed by atoms with Gasteiger partial charge >= 0.3 is 0 Å². The second-order valence-electron chi connectivity index (χ2n) is 8.01. The Morgan fingerprint density at radius 2 is 1.79 bits per heavy atom. The van der Waals surface area contributed by atoms with Gasteiger partial charge in [0.2, 0.25) is 0 Å². The van der Waals surface area contributed by atoms with Crippen LogP contribution in [0.2, 0.25) is 0 Å². The Morgan fingerprint density at radius 3 is 2.26 bits per heavy atom. The van der Waals surface area contributed by atoms with E-state index in [1.165, 1.54) is 51.7 Å². The van der Waals surface area contributed by atoms with Gasteiger partial charge in [-0.1, -0.05) is 34.6 Å². The van der Waals surface area contributed by atoms with E-state index in [2.05, 4.69) is 44.8 Å². The maximum Gasteiger partial charge on any atom is 0.0329 e. The number of hydrogen-bond acceptors (Lipinski definition) is 2. The molecule has 1 aliphatic heterocycles. The maximum absolute atomic E-state index is 3.86. The summed E-state index contributed by atoms with van der Waals surface area (Å²) < 4.78 is 0. The lowest BCUT2D eigenvalue weighted by atomic mass is 9.84. The van der Waals surface area contributed by atoms with Gasteiger partial charge in [0.15, 0.2) is 0 Å². The molecule has 1 aliphatic carbocycles. The molecule has 1 atom stereocenters. The van der Waals surface area contributed by atoms with Gasteiger partial charge < -0.3 is 5.32 Å². The van der Waals surface area contributed by atoms with Crippen molar-refractivity contribution in [3.63, 3.8) is 0 Å². The minimum Gasteiger partial charge on any atom is -0.311 e. The lowest BCUT2D eigenvalue weighted by Crippen LogP contribution is -2.65. The van der Waals surface area contributed by atoms with Gasteiger partial charge in [-0.15, -0.1) is 0 Å². The van der Waals surface area contributed by atoms with Crippen LogP contribution in [0, 0.1) is 11.3 Å². The van der Waals surface area contributed by atoms with E-state index in [0.29, 0.717) is 11.0 Å². The topological polar surface area (TPSA) is 15.3 Å². The molecule has 2 nitrogen and oxygen atoms in total. The van der Waals surface area contributed by atoms with Crippen LogP contribution in [0.1, 0.15) is 66.7 Å². The van der Waals surface area contributed by atoms with Crippen molar-refractivity contribution < 1.29 is 0 Å². The van der Waals surface area contributed by atoms with Crippen LogP contribution in [-0.4, -0.2) is 36.1 Å². The molecule has 0 spiro atoms. The fourth-order valence-electron chi connectivity index (χ4n) is 3.49. The third-order valence-electron chi connectivity index (χ3n) is 5.42. The van der Waals surface area contributed by atoms with Crippen molar-refractivity contribution in [3.8, 4) is 0 Å². The molecule has 19 heavy (non-hydrogen) atoms. The SMILES string of the molecule is CCC1(CC)CNC(C2CC2)CN1CCC(C)(C)C. The first-order valence-corrected chi connectivity index (χ1v) is 8.38. The fourth-order valence-corrected chi connectivity index (χ4v) is 3.49. The van der Waals surface area contributed by atoms with Crippen LogP contribution in [0.15, 0.2) is 0 Å². The number of nitrogens with zero attached hydrogens (tertiary/aromatic N) is 1. The molecule has 0 amide bonds. The van der Waals surface area contributed by atoms with Crippen molar-refractivity contribution in [1.29, 1.82) is 0 Å². The van der Waals surface area contributed by atoms with E-state index in [9.17, 15) is 0 Å². The lowest BCUT2D eigenvalue weighted by molar-refractivity contribution is 0.0195.